The zero-order chi connectivity index (χ0) is 23.3. The standard InChI is InChI=1S/C21H22ClF2N5O2S/c1-28(2)13-26-20(32)17-11-14(12-25-18(17)29-9-3-4-10-29)19(30)27-15-5-7-16(8-6-15)31-21(22,23)24/h5-8,11-13H,3-4,9-10H2,1-2H3,(H,27,30). The second kappa shape index (κ2) is 10.2. The fraction of sp³-hybridized carbons (Fsp3) is 0.333. The van der Waals surface area contributed by atoms with E-state index in [1.165, 1.54) is 30.5 Å². The Morgan fingerprint density at radius 2 is 1.97 bits per heavy atom. The molecule has 1 aliphatic heterocycles. The first-order chi connectivity index (χ1) is 15.1. The van der Waals surface area contributed by atoms with E-state index < -0.39 is 11.5 Å². The number of alkyl halides is 3. The summed E-state index contributed by atoms with van der Waals surface area (Å²) in [6.07, 6.45) is 5.20. The lowest BCUT2D eigenvalue weighted by Crippen LogP contribution is -2.23. The first-order valence-corrected chi connectivity index (χ1v) is 10.6. The molecule has 0 atom stereocenters. The average Bonchev–Trinajstić information content (AvgIpc) is 3.26. The Morgan fingerprint density at radius 3 is 2.56 bits per heavy atom. The van der Waals surface area contributed by atoms with Gasteiger partial charge in [0.25, 0.3) is 5.91 Å². The maximum absolute atomic E-state index is 12.8. The van der Waals surface area contributed by atoms with E-state index in [-0.39, 0.29) is 11.3 Å². The molecule has 2 aromatic rings. The van der Waals surface area contributed by atoms with Crippen LogP contribution in [0.2, 0.25) is 0 Å². The number of rotatable bonds is 7. The highest BCUT2D eigenvalue weighted by Gasteiger charge is 2.27. The SMILES string of the molecule is CN(C)C=NC(=S)c1cc(C(=O)Nc2ccc(OC(F)(F)Cl)cc2)cnc1N1CCCC1. The van der Waals surface area contributed by atoms with Crippen molar-refractivity contribution >= 4 is 52.6 Å². The van der Waals surface area contributed by atoms with E-state index in [2.05, 4.69) is 24.9 Å². The van der Waals surface area contributed by atoms with Gasteiger partial charge in [0, 0.05) is 50.7 Å². The molecule has 0 bridgehead atoms. The molecule has 2 heterocycles. The summed E-state index contributed by atoms with van der Waals surface area (Å²) in [6.45, 7) is 1.72. The number of hydrogen-bond donors (Lipinski definition) is 1. The number of carbonyl (C=O) groups excluding carboxylic acids is 1. The molecule has 7 nitrogen and oxygen atoms in total. The van der Waals surface area contributed by atoms with E-state index in [0.29, 0.717) is 22.1 Å². The fourth-order valence-corrected chi connectivity index (χ4v) is 3.39. The molecule has 0 unspecified atom stereocenters. The second-order valence-corrected chi connectivity index (χ2v) is 8.16. The molecule has 0 radical (unpaired) electrons. The van der Waals surface area contributed by atoms with Crippen molar-refractivity contribution in [1.82, 2.24) is 9.88 Å². The minimum Gasteiger partial charge on any atom is -0.420 e. The summed E-state index contributed by atoms with van der Waals surface area (Å²) < 4.78 is 29.7. The maximum Gasteiger partial charge on any atom is 0.487 e. The van der Waals surface area contributed by atoms with Gasteiger partial charge in [0.1, 0.15) is 16.6 Å². The first kappa shape index (κ1) is 23.8. The first-order valence-electron chi connectivity index (χ1n) is 9.79. The second-order valence-electron chi connectivity index (χ2n) is 7.33. The molecule has 1 fully saturated rings. The number of carbonyl (C=O) groups is 1. The summed E-state index contributed by atoms with van der Waals surface area (Å²) in [6, 6.07) is 7.06. The fourth-order valence-electron chi connectivity index (χ4n) is 3.10. The predicted molar refractivity (Wildman–Crippen MR) is 125 cm³/mol. The third-order valence-electron chi connectivity index (χ3n) is 4.52. The van der Waals surface area contributed by atoms with Crippen LogP contribution >= 0.6 is 23.8 Å². The molecule has 1 aromatic heterocycles. The molecular weight excluding hydrogens is 460 g/mol. The number of nitrogens with zero attached hydrogens (tertiary/aromatic N) is 4. The van der Waals surface area contributed by atoms with Gasteiger partial charge in [0.2, 0.25) is 0 Å². The van der Waals surface area contributed by atoms with Gasteiger partial charge in [0.05, 0.1) is 17.5 Å². The van der Waals surface area contributed by atoms with Gasteiger partial charge in [-0.05, 0) is 43.2 Å². The molecule has 0 spiro atoms. The number of thiocarbonyl (C=S) groups is 1. The average molecular weight is 482 g/mol. The molecule has 170 valence electrons. The Balaban J connectivity index is 1.81. The predicted octanol–water partition coefficient (Wildman–Crippen LogP) is 4.37. The summed E-state index contributed by atoms with van der Waals surface area (Å²) in [5.74, 6) is 0.136. The highest BCUT2D eigenvalue weighted by Crippen LogP contribution is 2.27. The number of hydrogen-bond acceptors (Lipinski definition) is 5. The molecule has 1 saturated heterocycles. The quantitative estimate of drug-likeness (QED) is 0.274. The molecule has 1 amide bonds. The lowest BCUT2D eigenvalue weighted by atomic mass is 10.1. The van der Waals surface area contributed by atoms with Crippen LogP contribution in [-0.2, 0) is 0 Å². The zero-order valence-electron chi connectivity index (χ0n) is 17.5. The lowest BCUT2D eigenvalue weighted by Gasteiger charge is -2.20. The van der Waals surface area contributed by atoms with Crippen molar-refractivity contribution in [1.29, 1.82) is 0 Å². The van der Waals surface area contributed by atoms with Crippen LogP contribution in [0.15, 0.2) is 41.5 Å². The smallest absolute Gasteiger partial charge is 0.420 e. The van der Waals surface area contributed by atoms with Crippen molar-refractivity contribution in [2.24, 2.45) is 4.99 Å². The number of benzene rings is 1. The normalized spacial score (nSPS) is 14.0. The van der Waals surface area contributed by atoms with Crippen molar-refractivity contribution in [3.63, 3.8) is 0 Å². The molecule has 3 rings (SSSR count). The number of aliphatic imine (C=N–C) groups is 1. The van der Waals surface area contributed by atoms with E-state index >= 15 is 0 Å². The number of aromatic nitrogens is 1. The monoisotopic (exact) mass is 481 g/mol. The van der Waals surface area contributed by atoms with Crippen LogP contribution in [0.5, 0.6) is 5.75 Å². The number of anilines is 2. The minimum atomic E-state index is -3.81. The Kier molecular flexibility index (Phi) is 7.57. The summed E-state index contributed by atoms with van der Waals surface area (Å²) in [5, 5.41) is 2.70. The summed E-state index contributed by atoms with van der Waals surface area (Å²) in [7, 11) is 3.67. The molecule has 1 N–H and O–H groups in total. The van der Waals surface area contributed by atoms with Gasteiger partial charge in [-0.2, -0.15) is 0 Å². The molecule has 0 aliphatic carbocycles. The number of pyridine rings is 1. The van der Waals surface area contributed by atoms with Crippen LogP contribution in [0.3, 0.4) is 0 Å². The number of amides is 1. The van der Waals surface area contributed by atoms with Crippen LogP contribution in [0.4, 0.5) is 20.3 Å². The van der Waals surface area contributed by atoms with Crippen molar-refractivity contribution in [2.75, 3.05) is 37.4 Å². The molecule has 11 heteroatoms. The van der Waals surface area contributed by atoms with Gasteiger partial charge >= 0.3 is 5.57 Å². The highest BCUT2D eigenvalue weighted by molar-refractivity contribution is 7.80. The van der Waals surface area contributed by atoms with E-state index in [1.54, 1.807) is 17.3 Å². The molecule has 1 aliphatic rings. The van der Waals surface area contributed by atoms with E-state index in [9.17, 15) is 13.6 Å². The summed E-state index contributed by atoms with van der Waals surface area (Å²) in [4.78, 5) is 25.8. The Morgan fingerprint density at radius 1 is 1.31 bits per heavy atom. The Labute approximate surface area is 195 Å². The summed E-state index contributed by atoms with van der Waals surface area (Å²) in [5.41, 5.74) is -2.53. The third-order valence-corrected chi connectivity index (χ3v) is 4.92. The van der Waals surface area contributed by atoms with Gasteiger partial charge < -0.3 is 19.9 Å². The van der Waals surface area contributed by atoms with E-state index in [4.69, 9.17) is 23.8 Å². The largest absolute Gasteiger partial charge is 0.487 e. The van der Waals surface area contributed by atoms with Gasteiger partial charge in [-0.25, -0.2) is 9.98 Å². The topological polar surface area (TPSA) is 70.1 Å². The third kappa shape index (κ3) is 6.57. The van der Waals surface area contributed by atoms with Gasteiger partial charge in [0.15, 0.2) is 0 Å². The van der Waals surface area contributed by atoms with Crippen molar-refractivity contribution in [3.8, 4) is 5.75 Å². The van der Waals surface area contributed by atoms with Crippen LogP contribution in [0.1, 0.15) is 28.8 Å². The van der Waals surface area contributed by atoms with Crippen LogP contribution < -0.4 is 15.0 Å². The van der Waals surface area contributed by atoms with Crippen LogP contribution in [0, 0.1) is 0 Å². The Hall–Kier alpha value is -2.85. The number of ether oxygens (including phenoxy) is 1. The Bertz CT molecular complexity index is 1010. The zero-order valence-corrected chi connectivity index (χ0v) is 19.1. The van der Waals surface area contributed by atoms with Crippen LogP contribution in [-0.4, -0.2) is 59.9 Å². The van der Waals surface area contributed by atoms with Crippen molar-refractivity contribution < 1.29 is 18.3 Å². The minimum absolute atomic E-state index is 0.133. The summed E-state index contributed by atoms with van der Waals surface area (Å²) >= 11 is 10.2. The maximum atomic E-state index is 12.8. The van der Waals surface area contributed by atoms with E-state index in [0.717, 1.165) is 25.9 Å². The van der Waals surface area contributed by atoms with Gasteiger partial charge in [-0.1, -0.05) is 12.2 Å². The molecule has 32 heavy (non-hydrogen) atoms. The van der Waals surface area contributed by atoms with Crippen LogP contribution in [0.25, 0.3) is 0 Å². The highest BCUT2D eigenvalue weighted by atomic mass is 35.5. The van der Waals surface area contributed by atoms with E-state index in [1.807, 2.05) is 14.1 Å². The van der Waals surface area contributed by atoms with Crippen molar-refractivity contribution in [2.45, 2.75) is 18.4 Å². The number of halogens is 3. The van der Waals surface area contributed by atoms with Gasteiger partial charge in [-0.3, -0.25) is 4.79 Å². The lowest BCUT2D eigenvalue weighted by molar-refractivity contribution is -0.0964. The number of nitrogens with one attached hydrogen (secondary N) is 1. The van der Waals surface area contributed by atoms with Crippen molar-refractivity contribution in [3.05, 3.63) is 47.7 Å². The molecule has 1 aromatic carbocycles. The van der Waals surface area contributed by atoms with Gasteiger partial charge in [-0.15, -0.1) is 8.78 Å². The molecular formula is C21H22ClF2N5O2S. The molecule has 0 saturated carbocycles.